The standard InChI is InChI=1S/C12H17Cl2N3O/c1-8(6-11(15)16-18)17(2)7-9-4-3-5-10(13)12(9)14/h3-5,8,18H,6-7H2,1-2H3,(H2,15,16). The lowest BCUT2D eigenvalue weighted by Gasteiger charge is -2.24. The number of halogens is 2. The van der Waals surface area contributed by atoms with E-state index in [0.717, 1.165) is 5.56 Å². The smallest absolute Gasteiger partial charge is 0.140 e. The molecule has 0 radical (unpaired) electrons. The van der Waals surface area contributed by atoms with E-state index in [0.29, 0.717) is 23.0 Å². The van der Waals surface area contributed by atoms with Crippen LogP contribution in [-0.4, -0.2) is 29.0 Å². The third-order valence-electron chi connectivity index (χ3n) is 2.84. The van der Waals surface area contributed by atoms with Crippen LogP contribution < -0.4 is 5.73 Å². The van der Waals surface area contributed by atoms with Crippen LogP contribution in [0.1, 0.15) is 18.9 Å². The van der Waals surface area contributed by atoms with Gasteiger partial charge >= 0.3 is 0 Å². The van der Waals surface area contributed by atoms with E-state index >= 15 is 0 Å². The van der Waals surface area contributed by atoms with E-state index < -0.39 is 0 Å². The summed E-state index contributed by atoms with van der Waals surface area (Å²) in [5.41, 5.74) is 6.44. The molecule has 6 heteroatoms. The maximum Gasteiger partial charge on any atom is 0.140 e. The largest absolute Gasteiger partial charge is 0.409 e. The van der Waals surface area contributed by atoms with Crippen molar-refractivity contribution < 1.29 is 5.21 Å². The third kappa shape index (κ3) is 4.05. The van der Waals surface area contributed by atoms with Crippen molar-refractivity contribution in [1.82, 2.24) is 4.90 Å². The van der Waals surface area contributed by atoms with Crippen LogP contribution in [0.5, 0.6) is 0 Å². The van der Waals surface area contributed by atoms with Gasteiger partial charge in [-0.3, -0.25) is 4.90 Å². The molecule has 1 aromatic rings. The second-order valence-electron chi connectivity index (χ2n) is 4.27. The molecule has 1 aromatic carbocycles. The lowest BCUT2D eigenvalue weighted by Crippen LogP contribution is -2.32. The first kappa shape index (κ1) is 15.1. The molecule has 0 amide bonds. The molecular weight excluding hydrogens is 273 g/mol. The van der Waals surface area contributed by atoms with Crippen LogP contribution in [0.2, 0.25) is 10.0 Å². The van der Waals surface area contributed by atoms with E-state index in [1.807, 2.05) is 26.1 Å². The Bertz CT molecular complexity index is 437. The number of hydrogen-bond donors (Lipinski definition) is 2. The van der Waals surface area contributed by atoms with E-state index in [4.69, 9.17) is 34.1 Å². The van der Waals surface area contributed by atoms with Gasteiger partial charge in [-0.15, -0.1) is 0 Å². The molecule has 18 heavy (non-hydrogen) atoms. The molecule has 0 aromatic heterocycles. The van der Waals surface area contributed by atoms with Crippen molar-refractivity contribution >= 4 is 29.0 Å². The highest BCUT2D eigenvalue weighted by Crippen LogP contribution is 2.26. The number of nitrogens with two attached hydrogens (primary N) is 1. The fourth-order valence-electron chi connectivity index (χ4n) is 1.59. The van der Waals surface area contributed by atoms with Crippen molar-refractivity contribution in [2.45, 2.75) is 25.9 Å². The zero-order valence-electron chi connectivity index (χ0n) is 10.4. The van der Waals surface area contributed by atoms with Gasteiger partial charge in [-0.1, -0.05) is 40.5 Å². The minimum atomic E-state index is 0.135. The Morgan fingerprint density at radius 2 is 2.17 bits per heavy atom. The molecule has 0 saturated carbocycles. The molecule has 0 aliphatic heterocycles. The van der Waals surface area contributed by atoms with Gasteiger partial charge in [0, 0.05) is 19.0 Å². The molecule has 0 aliphatic carbocycles. The molecule has 1 rings (SSSR count). The first-order valence-electron chi connectivity index (χ1n) is 5.55. The minimum absolute atomic E-state index is 0.135. The summed E-state index contributed by atoms with van der Waals surface area (Å²) in [6, 6.07) is 5.69. The van der Waals surface area contributed by atoms with E-state index in [9.17, 15) is 0 Å². The van der Waals surface area contributed by atoms with Gasteiger partial charge in [0.1, 0.15) is 5.84 Å². The van der Waals surface area contributed by atoms with Gasteiger partial charge in [-0.25, -0.2) is 0 Å². The minimum Gasteiger partial charge on any atom is -0.409 e. The molecule has 4 nitrogen and oxygen atoms in total. The summed E-state index contributed by atoms with van der Waals surface area (Å²) in [5, 5.41) is 12.6. The number of nitrogens with zero attached hydrogens (tertiary/aromatic N) is 2. The molecule has 0 bridgehead atoms. The zero-order valence-corrected chi connectivity index (χ0v) is 11.9. The van der Waals surface area contributed by atoms with E-state index in [1.165, 1.54) is 0 Å². The average Bonchev–Trinajstić information content (AvgIpc) is 2.34. The molecule has 1 atom stereocenters. The topological polar surface area (TPSA) is 61.9 Å². The fourth-order valence-corrected chi connectivity index (χ4v) is 1.97. The summed E-state index contributed by atoms with van der Waals surface area (Å²) in [7, 11) is 1.95. The Kier molecular flexibility index (Phi) is 5.72. The molecule has 0 saturated heterocycles. The molecule has 0 spiro atoms. The van der Waals surface area contributed by atoms with Gasteiger partial charge in [0.2, 0.25) is 0 Å². The van der Waals surface area contributed by atoms with Crippen LogP contribution in [0.4, 0.5) is 0 Å². The second kappa shape index (κ2) is 6.83. The van der Waals surface area contributed by atoms with Crippen LogP contribution in [0.25, 0.3) is 0 Å². The maximum absolute atomic E-state index is 8.54. The summed E-state index contributed by atoms with van der Waals surface area (Å²) in [6.07, 6.45) is 0.491. The normalized spacial score (nSPS) is 13.9. The monoisotopic (exact) mass is 289 g/mol. The molecule has 0 fully saturated rings. The predicted molar refractivity (Wildman–Crippen MR) is 75.4 cm³/mol. The van der Waals surface area contributed by atoms with Crippen LogP contribution in [0.15, 0.2) is 23.4 Å². The van der Waals surface area contributed by atoms with E-state index in [1.54, 1.807) is 6.07 Å². The fraction of sp³-hybridized carbons (Fsp3) is 0.417. The lowest BCUT2D eigenvalue weighted by molar-refractivity contribution is 0.251. The molecule has 3 N–H and O–H groups in total. The number of amidine groups is 1. The highest BCUT2D eigenvalue weighted by Gasteiger charge is 2.13. The molecule has 0 aliphatic rings. The van der Waals surface area contributed by atoms with Gasteiger partial charge in [-0.2, -0.15) is 0 Å². The van der Waals surface area contributed by atoms with Crippen molar-refractivity contribution in [3.8, 4) is 0 Å². The Morgan fingerprint density at radius 1 is 1.50 bits per heavy atom. The predicted octanol–water partition coefficient (Wildman–Crippen LogP) is 2.95. The third-order valence-corrected chi connectivity index (χ3v) is 3.69. The Morgan fingerprint density at radius 3 is 2.78 bits per heavy atom. The van der Waals surface area contributed by atoms with Gasteiger partial charge in [0.05, 0.1) is 10.0 Å². The highest BCUT2D eigenvalue weighted by molar-refractivity contribution is 6.42. The quantitative estimate of drug-likeness (QED) is 0.379. The molecule has 0 heterocycles. The maximum atomic E-state index is 8.54. The van der Waals surface area contributed by atoms with Gasteiger partial charge < -0.3 is 10.9 Å². The zero-order chi connectivity index (χ0) is 13.7. The summed E-state index contributed by atoms with van der Waals surface area (Å²) < 4.78 is 0. The second-order valence-corrected chi connectivity index (χ2v) is 5.06. The number of hydrogen-bond acceptors (Lipinski definition) is 3. The van der Waals surface area contributed by atoms with Gasteiger partial charge in [0.15, 0.2) is 0 Å². The summed E-state index contributed by atoms with van der Waals surface area (Å²) in [4.78, 5) is 2.07. The summed E-state index contributed by atoms with van der Waals surface area (Å²) in [5.74, 6) is 0.214. The van der Waals surface area contributed by atoms with E-state index in [-0.39, 0.29) is 11.9 Å². The van der Waals surface area contributed by atoms with Gasteiger partial charge in [-0.05, 0) is 25.6 Å². The van der Waals surface area contributed by atoms with Crippen molar-refractivity contribution in [2.75, 3.05) is 7.05 Å². The first-order valence-corrected chi connectivity index (χ1v) is 6.30. The van der Waals surface area contributed by atoms with Gasteiger partial charge in [0.25, 0.3) is 0 Å². The van der Waals surface area contributed by atoms with E-state index in [2.05, 4.69) is 10.1 Å². The van der Waals surface area contributed by atoms with Crippen molar-refractivity contribution in [1.29, 1.82) is 0 Å². The molecular formula is C12H17Cl2N3O. The lowest BCUT2D eigenvalue weighted by atomic mass is 10.1. The molecule has 1 unspecified atom stereocenters. The number of rotatable bonds is 5. The Balaban J connectivity index is 2.69. The Labute approximate surface area is 117 Å². The van der Waals surface area contributed by atoms with Crippen molar-refractivity contribution in [2.24, 2.45) is 10.9 Å². The average molecular weight is 290 g/mol. The van der Waals surface area contributed by atoms with Crippen LogP contribution in [0, 0.1) is 0 Å². The highest BCUT2D eigenvalue weighted by atomic mass is 35.5. The number of benzene rings is 1. The first-order chi connectivity index (χ1) is 8.45. The van der Waals surface area contributed by atoms with Crippen molar-refractivity contribution in [3.63, 3.8) is 0 Å². The number of oxime groups is 1. The Hall–Kier alpha value is -0.970. The van der Waals surface area contributed by atoms with Crippen molar-refractivity contribution in [3.05, 3.63) is 33.8 Å². The van der Waals surface area contributed by atoms with Crippen LogP contribution >= 0.6 is 23.2 Å². The summed E-state index contributed by atoms with van der Waals surface area (Å²) in [6.45, 7) is 2.65. The van der Waals surface area contributed by atoms with Crippen LogP contribution in [0.3, 0.4) is 0 Å². The SMILES string of the molecule is CC(C/C(N)=N/O)N(C)Cc1cccc(Cl)c1Cl. The van der Waals surface area contributed by atoms with Crippen LogP contribution in [-0.2, 0) is 6.54 Å². The molecule has 100 valence electrons. The summed E-state index contributed by atoms with van der Waals surface area (Å²) >= 11 is 12.1.